The van der Waals surface area contributed by atoms with E-state index in [1.165, 1.54) is 12.8 Å². The molecule has 0 aromatic carbocycles. The summed E-state index contributed by atoms with van der Waals surface area (Å²) in [5.74, 6) is 2.15. The summed E-state index contributed by atoms with van der Waals surface area (Å²) in [7, 11) is 0. The molecule has 0 radical (unpaired) electrons. The second kappa shape index (κ2) is 9.20. The summed E-state index contributed by atoms with van der Waals surface area (Å²) in [5, 5.41) is 0. The van der Waals surface area contributed by atoms with E-state index in [-0.39, 0.29) is 36.6 Å². The topological polar surface area (TPSA) is 75.3 Å². The number of amides is 1. The average Bonchev–Trinajstić information content (AvgIpc) is 3.07. The van der Waals surface area contributed by atoms with Gasteiger partial charge in [-0.05, 0) is 46.5 Å². The van der Waals surface area contributed by atoms with Crippen molar-refractivity contribution >= 4 is 36.5 Å². The predicted molar refractivity (Wildman–Crippen MR) is 110 cm³/mol. The molecular formula is C18H31Cl2N5O. The second-order valence-corrected chi connectivity index (χ2v) is 7.70. The molecule has 0 spiro atoms. The molecule has 148 valence electrons. The standard InChI is InChI=1S/C18H29N5O.2ClH/c1-13-20-15(11-16(21-13)22-8-4-5-9-22)14-7-6-10-23(12-14)17(24)18(2,3)19;;/h11,14H,4-10,12,19H2,1-3H3;2*1H. The number of rotatable bonds is 3. The highest BCUT2D eigenvalue weighted by Gasteiger charge is 2.32. The third kappa shape index (κ3) is 5.21. The number of hydrogen-bond donors (Lipinski definition) is 1. The lowest BCUT2D eigenvalue weighted by atomic mass is 9.92. The molecule has 1 amide bonds. The summed E-state index contributed by atoms with van der Waals surface area (Å²) < 4.78 is 0. The molecule has 2 fully saturated rings. The van der Waals surface area contributed by atoms with E-state index in [4.69, 9.17) is 5.73 Å². The Kier molecular flexibility index (Phi) is 8.11. The Labute approximate surface area is 168 Å². The monoisotopic (exact) mass is 403 g/mol. The molecule has 1 atom stereocenters. The highest BCUT2D eigenvalue weighted by atomic mass is 35.5. The molecule has 1 aromatic rings. The van der Waals surface area contributed by atoms with Crippen molar-refractivity contribution in [2.24, 2.45) is 5.73 Å². The number of carbonyl (C=O) groups excluding carboxylic acids is 1. The molecule has 1 unspecified atom stereocenters. The number of aromatic nitrogens is 2. The second-order valence-electron chi connectivity index (χ2n) is 7.70. The van der Waals surface area contributed by atoms with Gasteiger partial charge >= 0.3 is 0 Å². The Bertz CT molecular complexity index is 614. The van der Waals surface area contributed by atoms with Gasteiger partial charge in [-0.2, -0.15) is 0 Å². The van der Waals surface area contributed by atoms with Gasteiger partial charge in [0.15, 0.2) is 0 Å². The number of hydrogen-bond acceptors (Lipinski definition) is 5. The van der Waals surface area contributed by atoms with Crippen LogP contribution in [0.2, 0.25) is 0 Å². The lowest BCUT2D eigenvalue weighted by molar-refractivity contribution is -0.137. The number of nitrogens with two attached hydrogens (primary N) is 1. The van der Waals surface area contributed by atoms with Gasteiger partial charge in [0, 0.05) is 38.2 Å². The smallest absolute Gasteiger partial charge is 0.242 e. The minimum absolute atomic E-state index is 0. The molecule has 0 saturated carbocycles. The summed E-state index contributed by atoms with van der Waals surface area (Å²) in [6.07, 6.45) is 4.52. The molecule has 6 nitrogen and oxygen atoms in total. The van der Waals surface area contributed by atoms with Crippen LogP contribution in [0.1, 0.15) is 57.0 Å². The van der Waals surface area contributed by atoms with Crippen molar-refractivity contribution in [3.63, 3.8) is 0 Å². The summed E-state index contributed by atoms with van der Waals surface area (Å²) in [4.78, 5) is 26.0. The van der Waals surface area contributed by atoms with Gasteiger partial charge in [0.25, 0.3) is 0 Å². The van der Waals surface area contributed by atoms with Gasteiger partial charge in [-0.15, -0.1) is 24.8 Å². The molecule has 0 aliphatic carbocycles. The summed E-state index contributed by atoms with van der Waals surface area (Å²) in [6, 6.07) is 2.13. The van der Waals surface area contributed by atoms with Crippen LogP contribution >= 0.6 is 24.8 Å². The Morgan fingerprint density at radius 3 is 2.42 bits per heavy atom. The molecule has 2 N–H and O–H groups in total. The minimum atomic E-state index is -0.815. The normalized spacial score (nSPS) is 20.4. The average molecular weight is 404 g/mol. The maximum atomic E-state index is 12.5. The van der Waals surface area contributed by atoms with E-state index in [2.05, 4.69) is 20.9 Å². The number of carbonyl (C=O) groups is 1. The van der Waals surface area contributed by atoms with Gasteiger partial charge in [-0.3, -0.25) is 4.79 Å². The van der Waals surface area contributed by atoms with Crippen LogP contribution in [0.15, 0.2) is 6.07 Å². The van der Waals surface area contributed by atoms with E-state index < -0.39 is 5.54 Å². The maximum Gasteiger partial charge on any atom is 0.242 e. The summed E-state index contributed by atoms with van der Waals surface area (Å²) in [6.45, 7) is 9.16. The Morgan fingerprint density at radius 1 is 1.15 bits per heavy atom. The van der Waals surface area contributed by atoms with Crippen molar-refractivity contribution in [1.82, 2.24) is 14.9 Å². The van der Waals surface area contributed by atoms with Gasteiger partial charge in [-0.1, -0.05) is 0 Å². The van der Waals surface area contributed by atoms with E-state index in [1.54, 1.807) is 13.8 Å². The van der Waals surface area contributed by atoms with E-state index >= 15 is 0 Å². The lowest BCUT2D eigenvalue weighted by Crippen LogP contribution is -2.53. The minimum Gasteiger partial charge on any atom is -0.357 e. The first kappa shape index (κ1) is 22.9. The first-order valence-corrected chi connectivity index (χ1v) is 9.03. The fourth-order valence-corrected chi connectivity index (χ4v) is 3.70. The zero-order chi connectivity index (χ0) is 17.3. The Balaban J connectivity index is 0.00000169. The van der Waals surface area contributed by atoms with Crippen LogP contribution in [-0.2, 0) is 4.79 Å². The van der Waals surface area contributed by atoms with E-state index in [9.17, 15) is 4.79 Å². The van der Waals surface area contributed by atoms with Crippen LogP contribution in [0, 0.1) is 6.92 Å². The van der Waals surface area contributed by atoms with Crippen LogP contribution in [0.3, 0.4) is 0 Å². The van der Waals surface area contributed by atoms with Crippen LogP contribution in [0.5, 0.6) is 0 Å². The van der Waals surface area contributed by atoms with Crippen LogP contribution in [0.4, 0.5) is 5.82 Å². The molecule has 1 aromatic heterocycles. The van der Waals surface area contributed by atoms with Gasteiger partial charge in [0.2, 0.25) is 5.91 Å². The molecule has 8 heteroatoms. The van der Waals surface area contributed by atoms with Crippen molar-refractivity contribution in [3.05, 3.63) is 17.6 Å². The number of anilines is 1. The van der Waals surface area contributed by atoms with Crippen molar-refractivity contribution in [2.75, 3.05) is 31.1 Å². The number of piperidine rings is 1. The third-order valence-electron chi connectivity index (χ3n) is 4.95. The van der Waals surface area contributed by atoms with Gasteiger partial charge in [-0.25, -0.2) is 9.97 Å². The third-order valence-corrected chi connectivity index (χ3v) is 4.95. The Hall–Kier alpha value is -1.11. The molecule has 3 heterocycles. The molecular weight excluding hydrogens is 373 g/mol. The van der Waals surface area contributed by atoms with Gasteiger partial charge < -0.3 is 15.5 Å². The fourth-order valence-electron chi connectivity index (χ4n) is 3.70. The first-order chi connectivity index (χ1) is 11.3. The predicted octanol–water partition coefficient (Wildman–Crippen LogP) is 2.67. The summed E-state index contributed by atoms with van der Waals surface area (Å²) >= 11 is 0. The summed E-state index contributed by atoms with van der Waals surface area (Å²) in [5.41, 5.74) is 6.25. The van der Waals surface area contributed by atoms with E-state index in [0.717, 1.165) is 49.8 Å². The van der Waals surface area contributed by atoms with Gasteiger partial charge in [0.05, 0.1) is 11.2 Å². The number of nitrogens with zero attached hydrogens (tertiary/aromatic N) is 4. The van der Waals surface area contributed by atoms with E-state index in [0.29, 0.717) is 6.54 Å². The van der Waals surface area contributed by atoms with Crippen LogP contribution in [-0.4, -0.2) is 52.5 Å². The first-order valence-electron chi connectivity index (χ1n) is 9.03. The molecule has 2 aliphatic heterocycles. The van der Waals surface area contributed by atoms with Crippen molar-refractivity contribution < 1.29 is 4.79 Å². The van der Waals surface area contributed by atoms with E-state index in [1.807, 2.05) is 11.8 Å². The fraction of sp³-hybridized carbons (Fsp3) is 0.722. The van der Waals surface area contributed by atoms with Gasteiger partial charge in [0.1, 0.15) is 11.6 Å². The SMILES string of the molecule is Cc1nc(C2CCCN(C(=O)C(C)(C)N)C2)cc(N2CCCC2)n1.Cl.Cl. The number of aryl methyl sites for hydroxylation is 1. The zero-order valence-corrected chi connectivity index (χ0v) is 17.5. The molecule has 26 heavy (non-hydrogen) atoms. The largest absolute Gasteiger partial charge is 0.357 e. The van der Waals surface area contributed by atoms with Crippen molar-refractivity contribution in [2.45, 2.75) is 57.9 Å². The maximum absolute atomic E-state index is 12.5. The molecule has 0 bridgehead atoms. The highest BCUT2D eigenvalue weighted by Crippen LogP contribution is 2.29. The quantitative estimate of drug-likeness (QED) is 0.839. The molecule has 2 aliphatic rings. The van der Waals surface area contributed by atoms with Crippen LogP contribution < -0.4 is 10.6 Å². The van der Waals surface area contributed by atoms with Crippen molar-refractivity contribution in [1.29, 1.82) is 0 Å². The lowest BCUT2D eigenvalue weighted by Gasteiger charge is -2.36. The highest BCUT2D eigenvalue weighted by molar-refractivity contribution is 5.86. The Morgan fingerprint density at radius 2 is 1.81 bits per heavy atom. The zero-order valence-electron chi connectivity index (χ0n) is 15.9. The van der Waals surface area contributed by atoms with Crippen molar-refractivity contribution in [3.8, 4) is 0 Å². The molecule has 3 rings (SSSR count). The van der Waals surface area contributed by atoms with Crippen LogP contribution in [0.25, 0.3) is 0 Å². The number of likely N-dealkylation sites (tertiary alicyclic amines) is 1. The molecule has 2 saturated heterocycles. The number of halogens is 2.